The Balaban J connectivity index is 1.93. The smallest absolute Gasteiger partial charge is 0.342 e. The maximum absolute atomic E-state index is 13.0. The first-order valence-corrected chi connectivity index (χ1v) is 11.9. The van der Waals surface area contributed by atoms with Crippen LogP contribution in [0.25, 0.3) is 5.82 Å². The van der Waals surface area contributed by atoms with Crippen LogP contribution in [0.2, 0.25) is 5.15 Å². The number of nitrogens with one attached hydrogen (secondary N) is 1. The number of carbonyl (C=O) groups is 1. The first-order valence-electron chi connectivity index (χ1n) is 9.22. The van der Waals surface area contributed by atoms with E-state index in [1.165, 1.54) is 29.6 Å². The predicted octanol–water partition coefficient (Wildman–Crippen LogP) is 3.28. The van der Waals surface area contributed by atoms with E-state index in [0.717, 1.165) is 6.07 Å². The van der Waals surface area contributed by atoms with Gasteiger partial charge in [0.05, 0.1) is 6.04 Å². The van der Waals surface area contributed by atoms with E-state index >= 15 is 0 Å². The molecule has 3 rings (SSSR count). The number of alkyl halides is 3. The molecule has 0 radical (unpaired) electrons. The molecule has 0 saturated heterocycles. The quantitative estimate of drug-likeness (QED) is 0.530. The van der Waals surface area contributed by atoms with Gasteiger partial charge in [-0.15, -0.1) is 5.10 Å². The van der Waals surface area contributed by atoms with Crippen LogP contribution in [0.4, 0.5) is 19.0 Å². The van der Waals surface area contributed by atoms with Gasteiger partial charge in [-0.2, -0.15) is 22.2 Å². The standard InChI is InChI=1S/C18H18ClF3N8O2S/c1-9(25-17(31)11-5-12(18(20,21)22)27-13(19)6-11)16-26-10(2)28-30(16)15-7-14(23-8-24-15)29-33(3,4)32/h5-9H,1-4H3,(H,25,31)/t9-/m0/s1. The Bertz CT molecular complexity index is 1330. The molecule has 33 heavy (non-hydrogen) atoms. The lowest BCUT2D eigenvalue weighted by Gasteiger charge is -2.15. The summed E-state index contributed by atoms with van der Waals surface area (Å²) >= 11 is 5.66. The van der Waals surface area contributed by atoms with Crippen molar-refractivity contribution in [1.29, 1.82) is 0 Å². The molecule has 3 aromatic heterocycles. The summed E-state index contributed by atoms with van der Waals surface area (Å²) in [5, 5.41) is 6.35. The van der Waals surface area contributed by atoms with Gasteiger partial charge in [-0.3, -0.25) is 4.79 Å². The molecule has 0 aliphatic carbocycles. The Morgan fingerprint density at radius 3 is 2.55 bits per heavy atom. The second-order valence-corrected chi connectivity index (χ2v) is 10.1. The Hall–Kier alpha value is -3.13. The summed E-state index contributed by atoms with van der Waals surface area (Å²) in [7, 11) is -2.48. The molecule has 3 heterocycles. The number of hydrogen-bond acceptors (Lipinski definition) is 8. The minimum Gasteiger partial charge on any atom is -0.342 e. The second kappa shape index (κ2) is 9.02. The normalized spacial score (nSPS) is 13.0. The summed E-state index contributed by atoms with van der Waals surface area (Å²) < 4.78 is 56.3. The van der Waals surface area contributed by atoms with E-state index in [1.54, 1.807) is 13.8 Å². The van der Waals surface area contributed by atoms with E-state index in [2.05, 4.69) is 34.7 Å². The molecule has 0 unspecified atom stereocenters. The Labute approximate surface area is 191 Å². The highest BCUT2D eigenvalue weighted by molar-refractivity contribution is 7.92. The van der Waals surface area contributed by atoms with Gasteiger partial charge in [0.1, 0.15) is 23.0 Å². The van der Waals surface area contributed by atoms with Crippen molar-refractivity contribution in [3.8, 4) is 5.82 Å². The van der Waals surface area contributed by atoms with Crippen LogP contribution in [-0.2, 0) is 15.9 Å². The highest BCUT2D eigenvalue weighted by Crippen LogP contribution is 2.29. The first-order chi connectivity index (χ1) is 15.2. The van der Waals surface area contributed by atoms with Crippen LogP contribution < -0.4 is 5.32 Å². The number of amides is 1. The molecule has 1 atom stereocenters. The van der Waals surface area contributed by atoms with Crippen molar-refractivity contribution in [3.63, 3.8) is 0 Å². The van der Waals surface area contributed by atoms with Gasteiger partial charge in [0, 0.05) is 33.9 Å². The van der Waals surface area contributed by atoms with Gasteiger partial charge >= 0.3 is 6.18 Å². The third-order valence-electron chi connectivity index (χ3n) is 3.99. The fraction of sp³-hybridized carbons (Fsp3) is 0.333. The molecular formula is C18H18ClF3N8O2S. The van der Waals surface area contributed by atoms with Crippen molar-refractivity contribution in [2.24, 2.45) is 4.36 Å². The Morgan fingerprint density at radius 1 is 1.21 bits per heavy atom. The number of halogens is 4. The van der Waals surface area contributed by atoms with Crippen LogP contribution in [0.5, 0.6) is 0 Å². The van der Waals surface area contributed by atoms with Crippen LogP contribution >= 0.6 is 11.6 Å². The first kappa shape index (κ1) is 24.5. The van der Waals surface area contributed by atoms with Gasteiger partial charge in [0.2, 0.25) is 0 Å². The van der Waals surface area contributed by atoms with Crippen molar-refractivity contribution in [1.82, 2.24) is 35.0 Å². The van der Waals surface area contributed by atoms with Crippen molar-refractivity contribution < 1.29 is 22.2 Å². The van der Waals surface area contributed by atoms with E-state index in [1.807, 2.05) is 0 Å². The fourth-order valence-corrected chi connectivity index (χ4v) is 3.49. The fourth-order valence-electron chi connectivity index (χ4n) is 2.73. The number of hydrogen-bond donors (Lipinski definition) is 1. The second-order valence-electron chi connectivity index (χ2n) is 7.19. The van der Waals surface area contributed by atoms with E-state index < -0.39 is 38.7 Å². The van der Waals surface area contributed by atoms with Crippen molar-refractivity contribution in [2.75, 3.05) is 12.5 Å². The average molecular weight is 503 g/mol. The molecule has 15 heteroatoms. The van der Waals surface area contributed by atoms with Crippen LogP contribution in [-0.4, -0.2) is 52.3 Å². The maximum Gasteiger partial charge on any atom is 0.433 e. The summed E-state index contributed by atoms with van der Waals surface area (Å²) in [4.78, 5) is 28.2. The lowest BCUT2D eigenvalue weighted by molar-refractivity contribution is -0.141. The van der Waals surface area contributed by atoms with Crippen molar-refractivity contribution in [3.05, 3.63) is 52.6 Å². The van der Waals surface area contributed by atoms with Gasteiger partial charge in [-0.25, -0.2) is 24.1 Å². The summed E-state index contributed by atoms with van der Waals surface area (Å²) in [6.45, 7) is 3.19. The van der Waals surface area contributed by atoms with Crippen LogP contribution in [0.3, 0.4) is 0 Å². The number of carbonyl (C=O) groups excluding carboxylic acids is 1. The number of pyridine rings is 1. The Kier molecular flexibility index (Phi) is 6.70. The van der Waals surface area contributed by atoms with Crippen molar-refractivity contribution in [2.45, 2.75) is 26.1 Å². The highest BCUT2D eigenvalue weighted by atomic mass is 35.5. The molecule has 1 N–H and O–H groups in total. The molecule has 0 aromatic carbocycles. The minimum atomic E-state index is -4.76. The monoisotopic (exact) mass is 502 g/mol. The highest BCUT2D eigenvalue weighted by Gasteiger charge is 2.34. The molecular weight excluding hydrogens is 485 g/mol. The van der Waals surface area contributed by atoms with Gasteiger partial charge in [-0.05, 0) is 26.0 Å². The number of aryl methyl sites for hydroxylation is 1. The van der Waals surface area contributed by atoms with E-state index in [0.29, 0.717) is 11.9 Å². The summed E-state index contributed by atoms with van der Waals surface area (Å²) in [5.41, 5.74) is -1.60. The van der Waals surface area contributed by atoms with Gasteiger partial charge in [0.25, 0.3) is 5.91 Å². The van der Waals surface area contributed by atoms with E-state index in [4.69, 9.17) is 11.6 Å². The predicted molar refractivity (Wildman–Crippen MR) is 114 cm³/mol. The van der Waals surface area contributed by atoms with Gasteiger partial charge in [0.15, 0.2) is 17.5 Å². The Morgan fingerprint density at radius 2 is 1.91 bits per heavy atom. The maximum atomic E-state index is 13.0. The number of rotatable bonds is 5. The van der Waals surface area contributed by atoms with Crippen LogP contribution in [0.1, 0.15) is 40.7 Å². The van der Waals surface area contributed by atoms with E-state index in [-0.39, 0.29) is 23.0 Å². The molecule has 0 aliphatic heterocycles. The molecule has 1 amide bonds. The third-order valence-corrected chi connectivity index (χ3v) is 4.81. The summed E-state index contributed by atoms with van der Waals surface area (Å²) in [5.74, 6) is 0.187. The van der Waals surface area contributed by atoms with E-state index in [9.17, 15) is 22.2 Å². The molecule has 0 saturated carbocycles. The molecule has 0 bridgehead atoms. The number of aromatic nitrogens is 6. The molecule has 0 fully saturated rings. The molecule has 3 aromatic rings. The zero-order valence-corrected chi connectivity index (χ0v) is 19.3. The molecule has 0 spiro atoms. The van der Waals surface area contributed by atoms with Crippen molar-refractivity contribution >= 4 is 33.1 Å². The summed E-state index contributed by atoms with van der Waals surface area (Å²) in [6.07, 6.45) is -0.653. The topological polar surface area (TPSA) is 128 Å². The zero-order chi connectivity index (χ0) is 24.6. The third kappa shape index (κ3) is 6.22. The largest absolute Gasteiger partial charge is 0.433 e. The average Bonchev–Trinajstić information content (AvgIpc) is 3.07. The minimum absolute atomic E-state index is 0.164. The lowest BCUT2D eigenvalue weighted by Crippen LogP contribution is -2.29. The zero-order valence-electron chi connectivity index (χ0n) is 17.8. The lowest BCUT2D eigenvalue weighted by atomic mass is 10.2. The molecule has 0 aliphatic rings. The van der Waals surface area contributed by atoms with Gasteiger partial charge in [-0.1, -0.05) is 11.6 Å². The molecule has 10 nitrogen and oxygen atoms in total. The van der Waals surface area contributed by atoms with Crippen LogP contribution in [0.15, 0.2) is 28.9 Å². The van der Waals surface area contributed by atoms with Crippen LogP contribution in [0, 0.1) is 6.92 Å². The number of nitrogens with zero attached hydrogens (tertiary/aromatic N) is 7. The van der Waals surface area contributed by atoms with Gasteiger partial charge < -0.3 is 5.32 Å². The molecule has 176 valence electrons. The SMILES string of the molecule is Cc1nc([C@H](C)NC(=O)c2cc(Cl)nc(C(F)(F)F)c2)n(-c2cc(N=S(C)(C)=O)ncn2)n1. The summed E-state index contributed by atoms with van der Waals surface area (Å²) in [6, 6.07) is 2.28.